The molecule has 0 aliphatic heterocycles. The number of nitrogens with two attached hydrogens (primary N) is 1. The molecule has 5 nitrogen and oxygen atoms in total. The monoisotopic (exact) mass is 311 g/mol. The number of halogens is 1. The van der Waals surface area contributed by atoms with Crippen molar-refractivity contribution in [3.8, 4) is 0 Å². The topological polar surface area (TPSA) is 85.1 Å². The molecule has 0 fully saturated rings. The minimum absolute atomic E-state index is 0.0431. The third kappa shape index (κ3) is 2.86. The molecule has 20 heavy (non-hydrogen) atoms. The first-order valence-corrected chi connectivity index (χ1v) is 7.66. The van der Waals surface area contributed by atoms with Crippen molar-refractivity contribution in [2.24, 2.45) is 0 Å². The van der Waals surface area contributed by atoms with E-state index in [1.807, 2.05) is 0 Å². The van der Waals surface area contributed by atoms with Crippen molar-refractivity contribution in [1.29, 1.82) is 0 Å². The Kier molecular flexibility index (Phi) is 3.87. The summed E-state index contributed by atoms with van der Waals surface area (Å²) in [5, 5.41) is 0.135. The number of rotatable bonds is 3. The van der Waals surface area contributed by atoms with Crippen LogP contribution in [0.2, 0.25) is 5.02 Å². The van der Waals surface area contributed by atoms with Crippen LogP contribution in [0.25, 0.3) is 0 Å². The Labute approximate surface area is 122 Å². The maximum atomic E-state index is 12.4. The Balaban J connectivity index is 2.47. The molecular weight excluding hydrogens is 298 g/mol. The van der Waals surface area contributed by atoms with Gasteiger partial charge in [-0.05, 0) is 43.2 Å². The van der Waals surface area contributed by atoms with E-state index in [1.54, 1.807) is 26.1 Å². The summed E-state index contributed by atoms with van der Waals surface area (Å²) in [6, 6.07) is 4.47. The number of anilines is 2. The van der Waals surface area contributed by atoms with Crippen LogP contribution in [0.4, 0.5) is 11.4 Å². The highest BCUT2D eigenvalue weighted by atomic mass is 35.5. The van der Waals surface area contributed by atoms with Gasteiger partial charge >= 0.3 is 0 Å². The zero-order valence-electron chi connectivity index (χ0n) is 11.0. The Morgan fingerprint density at radius 3 is 2.60 bits per heavy atom. The van der Waals surface area contributed by atoms with Crippen LogP contribution in [-0.2, 0) is 10.0 Å². The molecular formula is C13H14ClN3O2S. The summed E-state index contributed by atoms with van der Waals surface area (Å²) in [4.78, 5) is 3.87. The van der Waals surface area contributed by atoms with Crippen molar-refractivity contribution < 1.29 is 8.42 Å². The lowest BCUT2D eigenvalue weighted by atomic mass is 10.2. The van der Waals surface area contributed by atoms with Crippen LogP contribution < -0.4 is 10.5 Å². The summed E-state index contributed by atoms with van der Waals surface area (Å²) in [6.07, 6.45) is 3.08. The van der Waals surface area contributed by atoms with Gasteiger partial charge in [0.05, 0.1) is 10.7 Å². The van der Waals surface area contributed by atoms with Crippen LogP contribution in [-0.4, -0.2) is 13.4 Å². The van der Waals surface area contributed by atoms with Crippen molar-refractivity contribution in [2.45, 2.75) is 18.7 Å². The number of nitrogens with one attached hydrogen (secondary N) is 1. The number of pyridine rings is 1. The normalized spacial score (nSPS) is 11.3. The molecule has 7 heteroatoms. The maximum absolute atomic E-state index is 12.4. The SMILES string of the molecule is Cc1cc(Cl)c(S(=O)(=O)Nc2ccncc2C)cc1N. The van der Waals surface area contributed by atoms with E-state index in [0.29, 0.717) is 16.9 Å². The summed E-state index contributed by atoms with van der Waals surface area (Å²) in [6.45, 7) is 3.52. The molecule has 0 saturated carbocycles. The van der Waals surface area contributed by atoms with E-state index in [1.165, 1.54) is 18.3 Å². The van der Waals surface area contributed by atoms with Crippen molar-refractivity contribution in [1.82, 2.24) is 4.98 Å². The summed E-state index contributed by atoms with van der Waals surface area (Å²) < 4.78 is 27.2. The van der Waals surface area contributed by atoms with Gasteiger partial charge in [0.1, 0.15) is 4.90 Å². The summed E-state index contributed by atoms with van der Waals surface area (Å²) in [5.74, 6) is 0. The average molecular weight is 312 g/mol. The number of nitrogens with zero attached hydrogens (tertiary/aromatic N) is 1. The lowest BCUT2D eigenvalue weighted by Crippen LogP contribution is -2.15. The number of benzene rings is 1. The van der Waals surface area contributed by atoms with E-state index >= 15 is 0 Å². The van der Waals surface area contributed by atoms with E-state index < -0.39 is 10.0 Å². The lowest BCUT2D eigenvalue weighted by molar-refractivity contribution is 0.601. The van der Waals surface area contributed by atoms with Gasteiger partial charge in [-0.1, -0.05) is 11.6 Å². The number of aromatic nitrogens is 1. The van der Waals surface area contributed by atoms with Gasteiger partial charge in [-0.3, -0.25) is 9.71 Å². The van der Waals surface area contributed by atoms with Crippen LogP contribution >= 0.6 is 11.6 Å². The number of hydrogen-bond acceptors (Lipinski definition) is 4. The first-order chi connectivity index (χ1) is 9.31. The summed E-state index contributed by atoms with van der Waals surface area (Å²) >= 11 is 6.00. The molecule has 0 aliphatic rings. The molecule has 0 unspecified atom stereocenters. The van der Waals surface area contributed by atoms with Crippen molar-refractivity contribution in [3.05, 3.63) is 46.7 Å². The highest BCUT2D eigenvalue weighted by Gasteiger charge is 2.20. The first kappa shape index (κ1) is 14.6. The molecule has 3 N–H and O–H groups in total. The molecule has 1 aromatic carbocycles. The molecule has 106 valence electrons. The standard InChI is InChI=1S/C13H14ClN3O2S/c1-8-5-10(14)13(6-11(8)15)20(18,19)17-12-3-4-16-7-9(12)2/h3-7H,15H2,1-2H3,(H,16,17). The van der Waals surface area contributed by atoms with E-state index in [0.717, 1.165) is 5.56 Å². The molecule has 1 aromatic heterocycles. The number of aryl methyl sites for hydroxylation is 2. The molecule has 1 heterocycles. The number of sulfonamides is 1. The second-order valence-electron chi connectivity index (χ2n) is 4.44. The predicted octanol–water partition coefficient (Wildman–Crippen LogP) is 2.73. The highest BCUT2D eigenvalue weighted by Crippen LogP contribution is 2.28. The molecule has 0 spiro atoms. The average Bonchev–Trinajstić information content (AvgIpc) is 2.36. The molecule has 0 amide bonds. The van der Waals surface area contributed by atoms with Gasteiger partial charge in [-0.2, -0.15) is 0 Å². The van der Waals surface area contributed by atoms with Crippen LogP contribution in [0.5, 0.6) is 0 Å². The smallest absolute Gasteiger partial charge is 0.263 e. The quantitative estimate of drug-likeness (QED) is 0.853. The zero-order valence-corrected chi connectivity index (χ0v) is 12.6. The number of hydrogen-bond donors (Lipinski definition) is 2. The van der Waals surface area contributed by atoms with Crippen LogP contribution in [0.3, 0.4) is 0 Å². The van der Waals surface area contributed by atoms with E-state index in [-0.39, 0.29) is 9.92 Å². The van der Waals surface area contributed by atoms with Gasteiger partial charge < -0.3 is 5.73 Å². The van der Waals surface area contributed by atoms with Crippen molar-refractivity contribution in [3.63, 3.8) is 0 Å². The summed E-state index contributed by atoms with van der Waals surface area (Å²) in [5.41, 5.74) is 8.02. The van der Waals surface area contributed by atoms with Gasteiger partial charge in [-0.15, -0.1) is 0 Å². The Bertz CT molecular complexity index is 760. The van der Waals surface area contributed by atoms with Gasteiger partial charge in [0.15, 0.2) is 0 Å². The van der Waals surface area contributed by atoms with Gasteiger partial charge in [0.2, 0.25) is 0 Å². The van der Waals surface area contributed by atoms with E-state index in [4.69, 9.17) is 17.3 Å². The summed E-state index contributed by atoms with van der Waals surface area (Å²) in [7, 11) is -3.80. The minimum atomic E-state index is -3.80. The van der Waals surface area contributed by atoms with Crippen molar-refractivity contribution in [2.75, 3.05) is 10.5 Å². The van der Waals surface area contributed by atoms with Gasteiger partial charge in [0.25, 0.3) is 10.0 Å². The number of nitrogen functional groups attached to an aromatic ring is 1. The maximum Gasteiger partial charge on any atom is 0.263 e. The van der Waals surface area contributed by atoms with E-state index in [9.17, 15) is 8.42 Å². The molecule has 2 aromatic rings. The Morgan fingerprint density at radius 1 is 1.25 bits per heavy atom. The first-order valence-electron chi connectivity index (χ1n) is 5.80. The fourth-order valence-corrected chi connectivity index (χ4v) is 3.41. The Morgan fingerprint density at radius 2 is 1.95 bits per heavy atom. The fourth-order valence-electron chi connectivity index (χ4n) is 1.66. The van der Waals surface area contributed by atoms with Crippen LogP contribution in [0, 0.1) is 13.8 Å². The molecule has 0 aliphatic carbocycles. The third-order valence-corrected chi connectivity index (χ3v) is 4.70. The van der Waals surface area contributed by atoms with Gasteiger partial charge in [0, 0.05) is 18.1 Å². The highest BCUT2D eigenvalue weighted by molar-refractivity contribution is 7.92. The minimum Gasteiger partial charge on any atom is -0.398 e. The molecule has 2 rings (SSSR count). The zero-order chi connectivity index (χ0) is 14.9. The van der Waals surface area contributed by atoms with Crippen molar-refractivity contribution >= 4 is 33.0 Å². The molecule has 0 radical (unpaired) electrons. The third-order valence-electron chi connectivity index (χ3n) is 2.87. The van der Waals surface area contributed by atoms with Gasteiger partial charge in [-0.25, -0.2) is 8.42 Å². The predicted molar refractivity (Wildman–Crippen MR) is 80.4 cm³/mol. The largest absolute Gasteiger partial charge is 0.398 e. The molecule has 0 saturated heterocycles. The van der Waals surface area contributed by atoms with Crippen LogP contribution in [0.15, 0.2) is 35.5 Å². The lowest BCUT2D eigenvalue weighted by Gasteiger charge is -2.12. The second kappa shape index (κ2) is 5.30. The fraction of sp³-hybridized carbons (Fsp3) is 0.154. The molecule has 0 bridgehead atoms. The molecule has 0 atom stereocenters. The second-order valence-corrected chi connectivity index (χ2v) is 6.49. The van der Waals surface area contributed by atoms with E-state index in [2.05, 4.69) is 9.71 Å². The Hall–Kier alpha value is -1.79. The van der Waals surface area contributed by atoms with Crippen LogP contribution in [0.1, 0.15) is 11.1 Å².